The summed E-state index contributed by atoms with van der Waals surface area (Å²) in [4.78, 5) is 0. The number of hydrogen-bond acceptors (Lipinski definition) is 2. The number of benzene rings is 1. The van der Waals surface area contributed by atoms with E-state index >= 15 is 0 Å². The van der Waals surface area contributed by atoms with E-state index < -0.39 is 32.9 Å². The van der Waals surface area contributed by atoms with Crippen molar-refractivity contribution in [2.75, 3.05) is 6.26 Å². The fourth-order valence-corrected chi connectivity index (χ4v) is 1.09. The Hall–Kier alpha value is -1.48. The molecule has 0 amide bonds. The standard InChI is InChI=1S/C9H5F3O2S/c1-15(13,14)3-2-6-4-7(10)5-8(11)9(6)12/h4-5H,1H3. The van der Waals surface area contributed by atoms with Crippen LogP contribution in [0.4, 0.5) is 13.2 Å². The minimum atomic E-state index is -3.64. The maximum Gasteiger partial charge on any atom is 0.214 e. The van der Waals surface area contributed by atoms with Gasteiger partial charge in [0.1, 0.15) is 5.82 Å². The lowest BCUT2D eigenvalue weighted by atomic mass is 10.2. The zero-order chi connectivity index (χ0) is 11.6. The summed E-state index contributed by atoms with van der Waals surface area (Å²) in [6.07, 6.45) is 0.799. The Balaban J connectivity index is 3.32. The van der Waals surface area contributed by atoms with E-state index in [-0.39, 0.29) is 0 Å². The first kappa shape index (κ1) is 11.6. The Bertz CT molecular complexity index is 553. The van der Waals surface area contributed by atoms with E-state index in [1.54, 1.807) is 5.25 Å². The van der Waals surface area contributed by atoms with Gasteiger partial charge in [0.25, 0.3) is 0 Å². The molecule has 0 N–H and O–H groups in total. The monoisotopic (exact) mass is 234 g/mol. The van der Waals surface area contributed by atoms with Crippen molar-refractivity contribution in [3.8, 4) is 11.2 Å². The highest BCUT2D eigenvalue weighted by Gasteiger charge is 2.09. The molecule has 0 spiro atoms. The van der Waals surface area contributed by atoms with Crippen molar-refractivity contribution in [2.45, 2.75) is 0 Å². The second kappa shape index (κ2) is 3.95. The van der Waals surface area contributed by atoms with Gasteiger partial charge in [0, 0.05) is 11.3 Å². The molecule has 6 heteroatoms. The van der Waals surface area contributed by atoms with Gasteiger partial charge in [-0.1, -0.05) is 0 Å². The molecule has 0 saturated heterocycles. The van der Waals surface area contributed by atoms with E-state index in [1.165, 1.54) is 0 Å². The van der Waals surface area contributed by atoms with Crippen LogP contribution in [0, 0.1) is 28.6 Å². The van der Waals surface area contributed by atoms with Gasteiger partial charge in [0.05, 0.1) is 11.8 Å². The number of halogens is 3. The first-order valence-corrected chi connectivity index (χ1v) is 5.56. The van der Waals surface area contributed by atoms with Gasteiger partial charge < -0.3 is 0 Å². The van der Waals surface area contributed by atoms with Crippen LogP contribution in [0.1, 0.15) is 5.56 Å². The Morgan fingerprint density at radius 3 is 2.33 bits per heavy atom. The highest BCUT2D eigenvalue weighted by molar-refractivity contribution is 7.95. The summed E-state index contributed by atoms with van der Waals surface area (Å²) in [7, 11) is -3.64. The first-order valence-electron chi connectivity index (χ1n) is 3.67. The smallest absolute Gasteiger partial charge is 0.214 e. The fourth-order valence-electron chi connectivity index (χ4n) is 0.795. The van der Waals surface area contributed by atoms with Crippen molar-refractivity contribution in [3.05, 3.63) is 35.1 Å². The topological polar surface area (TPSA) is 34.1 Å². The molecule has 0 aromatic heterocycles. The Morgan fingerprint density at radius 2 is 1.80 bits per heavy atom. The first-order chi connectivity index (χ1) is 6.79. The van der Waals surface area contributed by atoms with Crippen LogP contribution in [0.2, 0.25) is 0 Å². The Labute approximate surface area is 84.6 Å². The molecule has 15 heavy (non-hydrogen) atoms. The molecular weight excluding hydrogens is 229 g/mol. The molecule has 0 atom stereocenters. The average molecular weight is 234 g/mol. The predicted molar refractivity (Wildman–Crippen MR) is 48.0 cm³/mol. The fraction of sp³-hybridized carbons (Fsp3) is 0.111. The summed E-state index contributed by atoms with van der Waals surface area (Å²) < 4.78 is 59.4. The Kier molecular flexibility index (Phi) is 3.05. The van der Waals surface area contributed by atoms with E-state index in [4.69, 9.17) is 0 Å². The molecule has 2 nitrogen and oxygen atoms in total. The third kappa shape index (κ3) is 3.29. The molecular formula is C9H5F3O2S. The summed E-state index contributed by atoms with van der Waals surface area (Å²) in [5.41, 5.74) is -0.627. The summed E-state index contributed by atoms with van der Waals surface area (Å²) in [5, 5.41) is 1.68. The summed E-state index contributed by atoms with van der Waals surface area (Å²) >= 11 is 0. The highest BCUT2D eigenvalue weighted by atomic mass is 32.2. The van der Waals surface area contributed by atoms with Crippen LogP contribution in [0.25, 0.3) is 0 Å². The molecule has 0 heterocycles. The normalized spacial score (nSPS) is 10.7. The number of rotatable bonds is 0. The zero-order valence-corrected chi connectivity index (χ0v) is 8.33. The minimum Gasteiger partial charge on any atom is -0.216 e. The van der Waals surface area contributed by atoms with Crippen LogP contribution in [-0.2, 0) is 9.84 Å². The predicted octanol–water partition coefficient (Wildman–Crippen LogP) is 1.46. The SMILES string of the molecule is CS(=O)(=O)C#Cc1cc(F)cc(F)c1F. The van der Waals surface area contributed by atoms with Crippen LogP contribution in [0.5, 0.6) is 0 Å². The van der Waals surface area contributed by atoms with E-state index in [9.17, 15) is 21.6 Å². The van der Waals surface area contributed by atoms with E-state index in [0.717, 1.165) is 6.26 Å². The molecule has 1 rings (SSSR count). The molecule has 1 aromatic carbocycles. The second-order valence-corrected chi connectivity index (χ2v) is 4.50. The van der Waals surface area contributed by atoms with Crippen LogP contribution < -0.4 is 0 Å². The summed E-state index contributed by atoms with van der Waals surface area (Å²) in [5.74, 6) is -1.96. The number of hydrogen-bond donors (Lipinski definition) is 0. The van der Waals surface area contributed by atoms with Gasteiger partial charge >= 0.3 is 0 Å². The molecule has 0 aliphatic rings. The van der Waals surface area contributed by atoms with Crippen LogP contribution in [0.3, 0.4) is 0 Å². The Morgan fingerprint density at radius 1 is 1.20 bits per heavy atom. The maximum atomic E-state index is 12.9. The largest absolute Gasteiger partial charge is 0.216 e. The van der Waals surface area contributed by atoms with Crippen LogP contribution >= 0.6 is 0 Å². The van der Waals surface area contributed by atoms with Gasteiger partial charge in [-0.25, -0.2) is 21.6 Å². The molecule has 0 saturated carbocycles. The summed E-state index contributed by atoms with van der Waals surface area (Å²) in [6, 6.07) is 0.970. The third-order valence-corrected chi connectivity index (χ3v) is 1.84. The summed E-state index contributed by atoms with van der Waals surface area (Å²) in [6.45, 7) is 0. The lowest BCUT2D eigenvalue weighted by molar-refractivity contribution is 0.492. The minimum absolute atomic E-state index is 0.348. The van der Waals surface area contributed by atoms with Crippen molar-refractivity contribution in [1.82, 2.24) is 0 Å². The quantitative estimate of drug-likeness (QED) is 0.503. The zero-order valence-electron chi connectivity index (χ0n) is 7.51. The average Bonchev–Trinajstić information content (AvgIpc) is 2.07. The van der Waals surface area contributed by atoms with Gasteiger partial charge in [-0.2, -0.15) is 0 Å². The number of sulfone groups is 1. The maximum absolute atomic E-state index is 12.9. The van der Waals surface area contributed by atoms with E-state index in [0.29, 0.717) is 12.1 Å². The van der Waals surface area contributed by atoms with E-state index in [2.05, 4.69) is 0 Å². The van der Waals surface area contributed by atoms with Crippen molar-refractivity contribution in [1.29, 1.82) is 0 Å². The molecule has 1 aromatic rings. The van der Waals surface area contributed by atoms with Crippen molar-refractivity contribution in [3.63, 3.8) is 0 Å². The van der Waals surface area contributed by atoms with Crippen LogP contribution in [0.15, 0.2) is 12.1 Å². The molecule has 0 unspecified atom stereocenters. The van der Waals surface area contributed by atoms with Crippen molar-refractivity contribution < 1.29 is 21.6 Å². The van der Waals surface area contributed by atoms with E-state index in [1.807, 2.05) is 5.92 Å². The second-order valence-electron chi connectivity index (χ2n) is 2.75. The van der Waals surface area contributed by atoms with Gasteiger partial charge in [-0.3, -0.25) is 0 Å². The third-order valence-electron chi connectivity index (χ3n) is 1.36. The molecule has 0 bridgehead atoms. The van der Waals surface area contributed by atoms with Gasteiger partial charge in [0.2, 0.25) is 9.84 Å². The molecule has 0 aliphatic carbocycles. The highest BCUT2D eigenvalue weighted by Crippen LogP contribution is 2.13. The molecule has 80 valence electrons. The van der Waals surface area contributed by atoms with Gasteiger partial charge in [-0.15, -0.1) is 0 Å². The van der Waals surface area contributed by atoms with Crippen molar-refractivity contribution in [2.24, 2.45) is 0 Å². The molecule has 0 radical (unpaired) electrons. The van der Waals surface area contributed by atoms with Crippen molar-refractivity contribution >= 4 is 9.84 Å². The van der Waals surface area contributed by atoms with Gasteiger partial charge in [-0.05, 0) is 12.0 Å². The molecule has 0 fully saturated rings. The van der Waals surface area contributed by atoms with Crippen LogP contribution in [-0.4, -0.2) is 14.7 Å². The van der Waals surface area contributed by atoms with Gasteiger partial charge in [0.15, 0.2) is 11.6 Å². The molecule has 0 aliphatic heterocycles. The lowest BCUT2D eigenvalue weighted by Crippen LogP contribution is -1.94. The lowest BCUT2D eigenvalue weighted by Gasteiger charge is -1.96.